The van der Waals surface area contributed by atoms with E-state index in [0.717, 1.165) is 11.5 Å². The smallest absolute Gasteiger partial charge is 0.316 e. The molecule has 118 valence electrons. The molecule has 0 radical (unpaired) electrons. The maximum Gasteiger partial charge on any atom is 0.316 e. The third-order valence-electron chi connectivity index (χ3n) is 2.84. The van der Waals surface area contributed by atoms with E-state index >= 15 is 0 Å². The second kappa shape index (κ2) is 8.05. The summed E-state index contributed by atoms with van der Waals surface area (Å²) in [5, 5.41) is 12.8. The van der Waals surface area contributed by atoms with Gasteiger partial charge in [-0.2, -0.15) is 0 Å². The summed E-state index contributed by atoms with van der Waals surface area (Å²) in [6, 6.07) is 7.44. The summed E-state index contributed by atoms with van der Waals surface area (Å²) in [6.07, 6.45) is 0. The van der Waals surface area contributed by atoms with Gasteiger partial charge in [-0.1, -0.05) is 23.4 Å². The summed E-state index contributed by atoms with van der Waals surface area (Å²) >= 11 is 7.15. The quantitative estimate of drug-likeness (QED) is 0.617. The van der Waals surface area contributed by atoms with Gasteiger partial charge in [-0.05, 0) is 31.2 Å². The van der Waals surface area contributed by atoms with Crippen LogP contribution in [-0.4, -0.2) is 33.1 Å². The number of anilines is 1. The van der Waals surface area contributed by atoms with Crippen molar-refractivity contribution in [1.82, 2.24) is 14.8 Å². The Labute approximate surface area is 138 Å². The first-order chi connectivity index (χ1) is 10.6. The Morgan fingerprint density at radius 1 is 1.36 bits per heavy atom. The zero-order valence-corrected chi connectivity index (χ0v) is 13.9. The van der Waals surface area contributed by atoms with Crippen LogP contribution in [0.5, 0.6) is 0 Å². The summed E-state index contributed by atoms with van der Waals surface area (Å²) in [5.41, 5.74) is 0.952. The molecule has 0 spiro atoms. The van der Waals surface area contributed by atoms with Crippen molar-refractivity contribution in [1.29, 1.82) is 0 Å². The van der Waals surface area contributed by atoms with Crippen LogP contribution in [0.2, 0.25) is 5.02 Å². The molecule has 6 nitrogen and oxygen atoms in total. The van der Waals surface area contributed by atoms with Crippen LogP contribution in [0, 0.1) is 0 Å². The number of carbonyl (C=O) groups excluding carboxylic acids is 1. The van der Waals surface area contributed by atoms with Gasteiger partial charge in [-0.3, -0.25) is 4.79 Å². The third-order valence-corrected chi connectivity index (χ3v) is 4.09. The van der Waals surface area contributed by atoms with E-state index in [-0.39, 0.29) is 11.7 Å². The van der Waals surface area contributed by atoms with Crippen LogP contribution in [-0.2, 0) is 23.1 Å². The molecule has 0 aliphatic heterocycles. The molecule has 0 aliphatic rings. The van der Waals surface area contributed by atoms with E-state index < -0.39 is 0 Å². The largest absolute Gasteiger partial charge is 0.465 e. The van der Waals surface area contributed by atoms with Crippen molar-refractivity contribution in [2.24, 2.45) is 7.05 Å². The fraction of sp³-hybridized carbons (Fsp3) is 0.357. The highest BCUT2D eigenvalue weighted by Crippen LogP contribution is 2.17. The summed E-state index contributed by atoms with van der Waals surface area (Å²) < 4.78 is 6.74. The molecular weight excluding hydrogens is 324 g/mol. The van der Waals surface area contributed by atoms with Crippen LogP contribution >= 0.6 is 23.4 Å². The van der Waals surface area contributed by atoms with Gasteiger partial charge in [-0.15, -0.1) is 10.2 Å². The fourth-order valence-corrected chi connectivity index (χ4v) is 2.55. The number of benzene rings is 1. The Kier molecular flexibility index (Phi) is 6.09. The van der Waals surface area contributed by atoms with Crippen molar-refractivity contribution in [3.05, 3.63) is 35.1 Å². The molecule has 2 rings (SSSR count). The minimum absolute atomic E-state index is 0.227. The van der Waals surface area contributed by atoms with Gasteiger partial charge in [0.1, 0.15) is 0 Å². The average Bonchev–Trinajstić information content (AvgIpc) is 2.85. The van der Waals surface area contributed by atoms with Gasteiger partial charge < -0.3 is 14.6 Å². The van der Waals surface area contributed by atoms with Crippen molar-refractivity contribution in [3.8, 4) is 0 Å². The van der Waals surface area contributed by atoms with Crippen LogP contribution in [0.25, 0.3) is 0 Å². The molecule has 0 saturated heterocycles. The summed E-state index contributed by atoms with van der Waals surface area (Å²) in [7, 11) is 1.87. The molecule has 1 aromatic heterocycles. The van der Waals surface area contributed by atoms with Crippen molar-refractivity contribution < 1.29 is 9.53 Å². The first-order valence-electron chi connectivity index (χ1n) is 6.76. The molecule has 0 atom stereocenters. The van der Waals surface area contributed by atoms with E-state index in [1.54, 1.807) is 6.92 Å². The average molecular weight is 341 g/mol. The fourth-order valence-electron chi connectivity index (χ4n) is 1.70. The Morgan fingerprint density at radius 2 is 2.09 bits per heavy atom. The van der Waals surface area contributed by atoms with Gasteiger partial charge in [0, 0.05) is 17.8 Å². The Bertz CT molecular complexity index is 630. The minimum Gasteiger partial charge on any atom is -0.465 e. The van der Waals surface area contributed by atoms with Crippen LogP contribution in [0.15, 0.2) is 29.4 Å². The highest BCUT2D eigenvalue weighted by Gasteiger charge is 2.11. The zero-order valence-electron chi connectivity index (χ0n) is 12.4. The van der Waals surface area contributed by atoms with Crippen molar-refractivity contribution in [2.45, 2.75) is 18.6 Å². The third kappa shape index (κ3) is 4.64. The van der Waals surface area contributed by atoms with Crippen LogP contribution < -0.4 is 5.32 Å². The zero-order chi connectivity index (χ0) is 15.9. The molecule has 0 amide bonds. The SMILES string of the molecule is CCOC(=O)CSc1nnc(CNc2ccc(Cl)cc2)n1C. The number of ether oxygens (including phenoxy) is 1. The number of carbonyl (C=O) groups is 1. The number of nitrogens with zero attached hydrogens (tertiary/aromatic N) is 3. The van der Waals surface area contributed by atoms with E-state index in [4.69, 9.17) is 16.3 Å². The number of aromatic nitrogens is 3. The first kappa shape index (κ1) is 16.6. The normalized spacial score (nSPS) is 10.5. The molecule has 0 saturated carbocycles. The molecule has 2 aromatic rings. The molecular formula is C14H17ClN4O2S. The monoisotopic (exact) mass is 340 g/mol. The second-order valence-electron chi connectivity index (χ2n) is 4.41. The van der Waals surface area contributed by atoms with Crippen LogP contribution in [0.1, 0.15) is 12.7 Å². The van der Waals surface area contributed by atoms with E-state index in [2.05, 4.69) is 15.5 Å². The van der Waals surface area contributed by atoms with Crippen molar-refractivity contribution in [3.63, 3.8) is 0 Å². The number of nitrogens with one attached hydrogen (secondary N) is 1. The number of esters is 1. The number of rotatable bonds is 7. The van der Waals surface area contributed by atoms with E-state index in [1.165, 1.54) is 11.8 Å². The van der Waals surface area contributed by atoms with Crippen molar-refractivity contribution >= 4 is 35.0 Å². The Hall–Kier alpha value is -1.73. The molecule has 1 heterocycles. The number of hydrogen-bond donors (Lipinski definition) is 1. The highest BCUT2D eigenvalue weighted by molar-refractivity contribution is 7.99. The van der Waals surface area contributed by atoms with Crippen molar-refractivity contribution in [2.75, 3.05) is 17.7 Å². The van der Waals surface area contributed by atoms with E-state index in [0.29, 0.717) is 23.3 Å². The topological polar surface area (TPSA) is 69.0 Å². The van der Waals surface area contributed by atoms with Gasteiger partial charge in [0.15, 0.2) is 11.0 Å². The number of hydrogen-bond acceptors (Lipinski definition) is 6. The molecule has 22 heavy (non-hydrogen) atoms. The minimum atomic E-state index is -0.253. The summed E-state index contributed by atoms with van der Waals surface area (Å²) in [4.78, 5) is 11.3. The number of thioether (sulfide) groups is 1. The lowest BCUT2D eigenvalue weighted by Gasteiger charge is -2.07. The molecule has 1 aromatic carbocycles. The first-order valence-corrected chi connectivity index (χ1v) is 8.12. The Morgan fingerprint density at radius 3 is 2.77 bits per heavy atom. The maximum atomic E-state index is 11.3. The summed E-state index contributed by atoms with van der Waals surface area (Å²) in [5.74, 6) is 0.752. The van der Waals surface area contributed by atoms with Gasteiger partial charge in [-0.25, -0.2) is 0 Å². The van der Waals surface area contributed by atoms with E-state index in [1.807, 2.05) is 35.9 Å². The highest BCUT2D eigenvalue weighted by atomic mass is 35.5. The molecule has 8 heteroatoms. The van der Waals surface area contributed by atoms with Gasteiger partial charge in [0.2, 0.25) is 0 Å². The van der Waals surface area contributed by atoms with Gasteiger partial charge in [0.25, 0.3) is 0 Å². The van der Waals surface area contributed by atoms with Crippen LogP contribution in [0.4, 0.5) is 5.69 Å². The summed E-state index contributed by atoms with van der Waals surface area (Å²) in [6.45, 7) is 2.70. The van der Waals surface area contributed by atoms with Gasteiger partial charge >= 0.3 is 5.97 Å². The lowest BCUT2D eigenvalue weighted by molar-refractivity contribution is -0.139. The maximum absolute atomic E-state index is 11.3. The predicted octanol–water partition coefficient (Wildman–Crippen LogP) is 2.74. The second-order valence-corrected chi connectivity index (χ2v) is 5.79. The molecule has 0 unspecified atom stereocenters. The van der Waals surface area contributed by atoms with Gasteiger partial charge in [0.05, 0.1) is 18.9 Å². The lowest BCUT2D eigenvalue weighted by atomic mass is 10.3. The molecule has 0 aliphatic carbocycles. The lowest BCUT2D eigenvalue weighted by Crippen LogP contribution is -2.09. The van der Waals surface area contributed by atoms with E-state index in [9.17, 15) is 4.79 Å². The molecule has 0 fully saturated rings. The standard InChI is InChI=1S/C14H17ClN4O2S/c1-3-21-13(20)9-22-14-18-17-12(19(14)2)8-16-11-6-4-10(15)5-7-11/h4-7,16H,3,8-9H2,1-2H3. The predicted molar refractivity (Wildman–Crippen MR) is 87.1 cm³/mol. The molecule has 0 bridgehead atoms. The number of halogens is 1. The van der Waals surface area contributed by atoms with Crippen LogP contribution in [0.3, 0.4) is 0 Å². The Balaban J connectivity index is 1.90. The molecule has 1 N–H and O–H groups in total.